The van der Waals surface area contributed by atoms with Crippen molar-refractivity contribution in [3.05, 3.63) is 30.0 Å². The van der Waals surface area contributed by atoms with Gasteiger partial charge in [-0.25, -0.2) is 0 Å². The molecule has 14 heavy (non-hydrogen) atoms. The molecule has 0 aliphatic carbocycles. The van der Waals surface area contributed by atoms with E-state index >= 15 is 0 Å². The third-order valence-electron chi connectivity index (χ3n) is 3.22. The topological polar surface area (TPSA) is 17.8 Å². The normalized spacial score (nSPS) is 25.6. The van der Waals surface area contributed by atoms with Gasteiger partial charge in [0, 0.05) is 17.0 Å². The van der Waals surface area contributed by atoms with Crippen LogP contribution in [0.4, 0.5) is 0 Å². The molecule has 0 amide bonds. The molecular formula is C12H14N2. The van der Waals surface area contributed by atoms with E-state index in [2.05, 4.69) is 47.9 Å². The highest BCUT2D eigenvalue weighted by atomic mass is 15.3. The van der Waals surface area contributed by atoms with E-state index < -0.39 is 0 Å². The van der Waals surface area contributed by atoms with E-state index in [4.69, 9.17) is 0 Å². The lowest BCUT2D eigenvalue weighted by Gasteiger charge is -2.02. The minimum absolute atomic E-state index is 0.562. The summed E-state index contributed by atoms with van der Waals surface area (Å²) >= 11 is 0. The molecule has 1 aliphatic rings. The summed E-state index contributed by atoms with van der Waals surface area (Å²) in [5.74, 6) is 0.650. The molecule has 1 aromatic heterocycles. The standard InChI is InChI=1S/C12H14N2/c1-8-7-9(2)14-12(8)10-5-3-4-6-11(10)13-14/h3-6,8-9H,7H2,1-2H3. The zero-order chi connectivity index (χ0) is 9.71. The molecule has 2 nitrogen and oxygen atoms in total. The van der Waals surface area contributed by atoms with Crippen LogP contribution in [0.25, 0.3) is 10.9 Å². The fourth-order valence-electron chi connectivity index (χ4n) is 2.62. The molecule has 1 aromatic carbocycles. The van der Waals surface area contributed by atoms with Crippen LogP contribution >= 0.6 is 0 Å². The maximum atomic E-state index is 4.64. The first-order valence-corrected chi connectivity index (χ1v) is 5.24. The van der Waals surface area contributed by atoms with Crippen molar-refractivity contribution in [2.45, 2.75) is 32.2 Å². The lowest BCUT2D eigenvalue weighted by molar-refractivity contribution is 0.515. The third-order valence-corrected chi connectivity index (χ3v) is 3.22. The molecule has 0 saturated carbocycles. The van der Waals surface area contributed by atoms with E-state index in [9.17, 15) is 0 Å². The van der Waals surface area contributed by atoms with Crippen molar-refractivity contribution < 1.29 is 0 Å². The lowest BCUT2D eigenvalue weighted by atomic mass is 10.0. The van der Waals surface area contributed by atoms with Crippen LogP contribution in [0.2, 0.25) is 0 Å². The van der Waals surface area contributed by atoms with Crippen LogP contribution in [-0.4, -0.2) is 9.78 Å². The molecule has 0 N–H and O–H groups in total. The van der Waals surface area contributed by atoms with Crippen LogP contribution in [0.3, 0.4) is 0 Å². The second-order valence-corrected chi connectivity index (χ2v) is 4.33. The molecule has 3 rings (SSSR count). The van der Waals surface area contributed by atoms with E-state index in [0.717, 1.165) is 5.52 Å². The molecule has 0 spiro atoms. The summed E-state index contributed by atoms with van der Waals surface area (Å²) in [6.45, 7) is 4.54. The Morgan fingerprint density at radius 1 is 1.29 bits per heavy atom. The monoisotopic (exact) mass is 186 g/mol. The predicted molar refractivity (Wildman–Crippen MR) is 57.5 cm³/mol. The van der Waals surface area contributed by atoms with Crippen LogP contribution in [0, 0.1) is 0 Å². The highest BCUT2D eigenvalue weighted by Gasteiger charge is 2.28. The first kappa shape index (κ1) is 8.04. The van der Waals surface area contributed by atoms with Crippen molar-refractivity contribution in [1.29, 1.82) is 0 Å². The average molecular weight is 186 g/mol. The van der Waals surface area contributed by atoms with Crippen molar-refractivity contribution >= 4 is 10.9 Å². The summed E-state index contributed by atoms with van der Waals surface area (Å²) in [5, 5.41) is 5.98. The van der Waals surface area contributed by atoms with Crippen LogP contribution in [-0.2, 0) is 0 Å². The second-order valence-electron chi connectivity index (χ2n) is 4.33. The Morgan fingerprint density at radius 2 is 2.07 bits per heavy atom. The Labute approximate surface area is 83.5 Å². The largest absolute Gasteiger partial charge is 0.265 e. The molecule has 2 heterocycles. The molecule has 2 heteroatoms. The van der Waals surface area contributed by atoms with Gasteiger partial charge in [-0.3, -0.25) is 4.68 Å². The quantitative estimate of drug-likeness (QED) is 0.618. The fraction of sp³-hybridized carbons (Fsp3) is 0.417. The number of rotatable bonds is 0. The Kier molecular flexibility index (Phi) is 1.49. The Morgan fingerprint density at radius 3 is 2.93 bits per heavy atom. The fourth-order valence-corrected chi connectivity index (χ4v) is 2.62. The maximum absolute atomic E-state index is 4.64. The van der Waals surface area contributed by atoms with Gasteiger partial charge in [0.2, 0.25) is 0 Å². The van der Waals surface area contributed by atoms with Gasteiger partial charge in [0.15, 0.2) is 0 Å². The van der Waals surface area contributed by atoms with Gasteiger partial charge in [-0.2, -0.15) is 5.10 Å². The third kappa shape index (κ3) is 0.884. The molecule has 0 fully saturated rings. The van der Waals surface area contributed by atoms with Gasteiger partial charge in [-0.05, 0) is 19.4 Å². The molecule has 72 valence electrons. The Bertz CT molecular complexity index is 484. The van der Waals surface area contributed by atoms with Crippen LogP contribution < -0.4 is 0 Å². The molecule has 2 unspecified atom stereocenters. The summed E-state index contributed by atoms with van der Waals surface area (Å²) in [6.07, 6.45) is 1.23. The van der Waals surface area contributed by atoms with Crippen molar-refractivity contribution in [1.82, 2.24) is 9.78 Å². The maximum Gasteiger partial charge on any atom is 0.0926 e. The minimum Gasteiger partial charge on any atom is -0.265 e. The van der Waals surface area contributed by atoms with Gasteiger partial charge in [0.1, 0.15) is 0 Å². The average Bonchev–Trinajstić information content (AvgIpc) is 2.66. The van der Waals surface area contributed by atoms with Crippen molar-refractivity contribution in [2.24, 2.45) is 0 Å². The summed E-state index contributed by atoms with van der Waals surface area (Å²) < 4.78 is 2.20. The molecular weight excluding hydrogens is 172 g/mol. The summed E-state index contributed by atoms with van der Waals surface area (Å²) in [4.78, 5) is 0. The number of hydrogen-bond donors (Lipinski definition) is 0. The van der Waals surface area contributed by atoms with Gasteiger partial charge in [-0.1, -0.05) is 25.1 Å². The van der Waals surface area contributed by atoms with Crippen molar-refractivity contribution in [2.75, 3.05) is 0 Å². The van der Waals surface area contributed by atoms with E-state index in [1.54, 1.807) is 0 Å². The first-order chi connectivity index (χ1) is 6.77. The molecule has 0 radical (unpaired) electrons. The highest BCUT2D eigenvalue weighted by Crippen LogP contribution is 2.39. The van der Waals surface area contributed by atoms with Crippen LogP contribution in [0.15, 0.2) is 24.3 Å². The zero-order valence-electron chi connectivity index (χ0n) is 8.57. The van der Waals surface area contributed by atoms with Crippen molar-refractivity contribution in [3.8, 4) is 0 Å². The van der Waals surface area contributed by atoms with Crippen molar-refractivity contribution in [3.63, 3.8) is 0 Å². The molecule has 2 aromatic rings. The highest BCUT2D eigenvalue weighted by molar-refractivity contribution is 5.82. The molecule has 2 atom stereocenters. The number of benzene rings is 1. The van der Waals surface area contributed by atoms with E-state index in [0.29, 0.717) is 12.0 Å². The summed E-state index contributed by atoms with van der Waals surface area (Å²) in [7, 11) is 0. The number of aromatic nitrogens is 2. The van der Waals surface area contributed by atoms with Gasteiger partial charge < -0.3 is 0 Å². The lowest BCUT2D eigenvalue weighted by Crippen LogP contribution is -1.99. The molecule has 0 bridgehead atoms. The van der Waals surface area contributed by atoms with Crippen LogP contribution in [0.1, 0.15) is 37.9 Å². The zero-order valence-corrected chi connectivity index (χ0v) is 8.57. The summed E-state index contributed by atoms with van der Waals surface area (Å²) in [6, 6.07) is 9.00. The smallest absolute Gasteiger partial charge is 0.0926 e. The van der Waals surface area contributed by atoms with Crippen LogP contribution in [0.5, 0.6) is 0 Å². The number of fused-ring (bicyclic) bond motifs is 3. The van der Waals surface area contributed by atoms with Gasteiger partial charge in [-0.15, -0.1) is 0 Å². The Balaban J connectivity index is 2.37. The second kappa shape index (κ2) is 2.59. The molecule has 0 saturated heterocycles. The van der Waals surface area contributed by atoms with Gasteiger partial charge in [0.05, 0.1) is 11.6 Å². The van der Waals surface area contributed by atoms with E-state index in [1.807, 2.05) is 0 Å². The number of nitrogens with zero attached hydrogens (tertiary/aromatic N) is 2. The van der Waals surface area contributed by atoms with Gasteiger partial charge >= 0.3 is 0 Å². The Hall–Kier alpha value is -1.31. The first-order valence-electron chi connectivity index (χ1n) is 5.24. The van der Waals surface area contributed by atoms with E-state index in [-0.39, 0.29) is 0 Å². The summed E-state index contributed by atoms with van der Waals surface area (Å²) in [5.41, 5.74) is 2.56. The molecule has 1 aliphatic heterocycles. The minimum atomic E-state index is 0.562. The van der Waals surface area contributed by atoms with E-state index in [1.165, 1.54) is 17.5 Å². The number of hydrogen-bond acceptors (Lipinski definition) is 1. The SMILES string of the molecule is CC1CC(C)n2nc3ccccc3c21. The van der Waals surface area contributed by atoms with Gasteiger partial charge in [0.25, 0.3) is 0 Å². The predicted octanol–water partition coefficient (Wildman–Crippen LogP) is 3.10.